The second kappa shape index (κ2) is 9.01. The van der Waals surface area contributed by atoms with Crippen LogP contribution in [0.2, 0.25) is 0 Å². The van der Waals surface area contributed by atoms with Crippen molar-refractivity contribution in [2.75, 3.05) is 12.4 Å². The maximum Gasteiger partial charge on any atom is 0.226 e. The molecule has 0 radical (unpaired) electrons. The van der Waals surface area contributed by atoms with E-state index in [4.69, 9.17) is 14.6 Å². The van der Waals surface area contributed by atoms with Crippen molar-refractivity contribution < 1.29 is 18.7 Å². The summed E-state index contributed by atoms with van der Waals surface area (Å²) in [7, 11) is 1.57. The summed E-state index contributed by atoms with van der Waals surface area (Å²) in [5, 5.41) is 20.0. The molecule has 1 amide bonds. The van der Waals surface area contributed by atoms with Crippen molar-refractivity contribution >= 4 is 17.4 Å². The van der Waals surface area contributed by atoms with Crippen LogP contribution in [0, 0.1) is 12.7 Å². The van der Waals surface area contributed by atoms with Crippen LogP contribution >= 0.6 is 0 Å². The van der Waals surface area contributed by atoms with E-state index in [9.17, 15) is 9.18 Å². The monoisotopic (exact) mass is 499 g/mol. The van der Waals surface area contributed by atoms with Gasteiger partial charge in [-0.05, 0) is 54.4 Å². The number of nitrogens with zero attached hydrogens (tertiary/aromatic N) is 6. The summed E-state index contributed by atoms with van der Waals surface area (Å²) in [5.74, 6) is 1.53. The van der Waals surface area contributed by atoms with E-state index in [1.165, 1.54) is 18.5 Å². The number of carbonyl (C=O) groups is 1. The van der Waals surface area contributed by atoms with E-state index in [1.54, 1.807) is 40.6 Å². The Hall–Kier alpha value is -4.80. The zero-order valence-electron chi connectivity index (χ0n) is 20.1. The molecule has 4 heterocycles. The Morgan fingerprint density at radius 2 is 1.92 bits per heavy atom. The molecular weight excluding hydrogens is 477 g/mol. The van der Waals surface area contributed by atoms with Gasteiger partial charge in [0, 0.05) is 17.9 Å². The van der Waals surface area contributed by atoms with Gasteiger partial charge in [0.25, 0.3) is 0 Å². The number of amides is 1. The number of hydrogen-bond acceptors (Lipinski definition) is 7. The highest BCUT2D eigenvalue weighted by molar-refractivity contribution is 5.95. The van der Waals surface area contributed by atoms with Gasteiger partial charge < -0.3 is 14.8 Å². The quantitative estimate of drug-likeness (QED) is 0.378. The number of methoxy groups -OCH3 is 1. The number of aromatic nitrogens is 6. The first-order valence-electron chi connectivity index (χ1n) is 11.6. The molecule has 186 valence electrons. The number of carbonyl (C=O) groups excluding carboxylic acids is 1. The van der Waals surface area contributed by atoms with Crippen LogP contribution in [-0.2, 0) is 11.4 Å². The molecule has 0 saturated heterocycles. The molecule has 1 atom stereocenters. The van der Waals surface area contributed by atoms with E-state index in [2.05, 4.69) is 20.6 Å². The highest BCUT2D eigenvalue weighted by Gasteiger charge is 2.33. The summed E-state index contributed by atoms with van der Waals surface area (Å²) in [5.41, 5.74) is 4.03. The summed E-state index contributed by atoms with van der Waals surface area (Å²) >= 11 is 0. The Balaban J connectivity index is 1.34. The van der Waals surface area contributed by atoms with Crippen LogP contribution in [0.5, 0.6) is 11.5 Å². The molecule has 2 aromatic carbocycles. The molecule has 5 aromatic rings. The van der Waals surface area contributed by atoms with Gasteiger partial charge in [0.05, 0.1) is 12.8 Å². The number of benzene rings is 2. The Bertz CT molecular complexity index is 1630. The molecule has 0 bridgehead atoms. The van der Waals surface area contributed by atoms with Crippen LogP contribution in [0.3, 0.4) is 0 Å². The molecule has 1 unspecified atom stereocenters. The topological polar surface area (TPSA) is 108 Å². The van der Waals surface area contributed by atoms with Gasteiger partial charge in [0.1, 0.15) is 24.6 Å². The molecule has 37 heavy (non-hydrogen) atoms. The largest absolute Gasteiger partial charge is 0.493 e. The van der Waals surface area contributed by atoms with Crippen LogP contribution in [-0.4, -0.2) is 42.6 Å². The zero-order valence-corrected chi connectivity index (χ0v) is 20.1. The molecule has 11 heteroatoms. The molecule has 0 spiro atoms. The van der Waals surface area contributed by atoms with E-state index in [0.717, 1.165) is 22.4 Å². The minimum absolute atomic E-state index is 0.125. The van der Waals surface area contributed by atoms with Crippen molar-refractivity contribution in [3.8, 4) is 17.3 Å². The Morgan fingerprint density at radius 1 is 1.08 bits per heavy atom. The Kier molecular flexibility index (Phi) is 5.52. The normalized spacial score (nSPS) is 14.9. The number of anilines is 1. The fourth-order valence-corrected chi connectivity index (χ4v) is 4.59. The molecule has 0 saturated carbocycles. The Labute approximate surface area is 210 Å². The van der Waals surface area contributed by atoms with Gasteiger partial charge in [-0.2, -0.15) is 14.3 Å². The smallest absolute Gasteiger partial charge is 0.226 e. The molecule has 0 aliphatic carbocycles. The van der Waals surface area contributed by atoms with Crippen LogP contribution in [0.1, 0.15) is 34.7 Å². The minimum Gasteiger partial charge on any atom is -0.493 e. The van der Waals surface area contributed by atoms with Gasteiger partial charge in [-0.3, -0.25) is 4.79 Å². The van der Waals surface area contributed by atoms with Crippen LogP contribution < -0.4 is 14.8 Å². The standard InChI is InChI=1S/C26H22FN7O3/c1-15-25-19(17-5-8-20(21(11-17)36-2)37-13-16-3-6-18(27)7-4-16)12-24(35)29-26(25)34(31-15)23-10-9-22-30-28-14-33(22)32-23/h3-11,14,19H,12-13H2,1-2H3,(H,29,35). The Morgan fingerprint density at radius 3 is 2.73 bits per heavy atom. The average molecular weight is 500 g/mol. The third-order valence-corrected chi connectivity index (χ3v) is 6.36. The second-order valence-electron chi connectivity index (χ2n) is 8.72. The summed E-state index contributed by atoms with van der Waals surface area (Å²) in [4.78, 5) is 12.8. The molecule has 0 fully saturated rings. The number of halogens is 1. The lowest BCUT2D eigenvalue weighted by Crippen LogP contribution is -2.25. The van der Waals surface area contributed by atoms with Gasteiger partial charge in [-0.1, -0.05) is 18.2 Å². The maximum absolute atomic E-state index is 13.2. The molecule has 10 nitrogen and oxygen atoms in total. The summed E-state index contributed by atoms with van der Waals surface area (Å²) in [6.07, 6.45) is 1.77. The van der Waals surface area contributed by atoms with Crippen molar-refractivity contribution in [2.45, 2.75) is 25.9 Å². The van der Waals surface area contributed by atoms with E-state index in [0.29, 0.717) is 28.8 Å². The molecule has 1 aliphatic rings. The molecule has 6 rings (SSSR count). The molecule has 3 aromatic heterocycles. The van der Waals surface area contributed by atoms with Crippen LogP contribution in [0.15, 0.2) is 60.9 Å². The maximum atomic E-state index is 13.2. The van der Waals surface area contributed by atoms with E-state index < -0.39 is 0 Å². The summed E-state index contributed by atoms with van der Waals surface area (Å²) in [6.45, 7) is 2.18. The first-order valence-corrected chi connectivity index (χ1v) is 11.6. The minimum atomic E-state index is -0.296. The zero-order chi connectivity index (χ0) is 25.5. The van der Waals surface area contributed by atoms with Gasteiger partial charge in [-0.25, -0.2) is 4.39 Å². The van der Waals surface area contributed by atoms with Crippen molar-refractivity contribution in [1.29, 1.82) is 0 Å². The molecule has 1 N–H and O–H groups in total. The first-order chi connectivity index (χ1) is 18.0. The van der Waals surface area contributed by atoms with Crippen molar-refractivity contribution in [3.63, 3.8) is 0 Å². The summed E-state index contributed by atoms with van der Waals surface area (Å²) in [6, 6.07) is 15.3. The highest BCUT2D eigenvalue weighted by Crippen LogP contribution is 2.42. The van der Waals surface area contributed by atoms with Crippen LogP contribution in [0.4, 0.5) is 10.2 Å². The molecular formula is C26H22FN7O3. The lowest BCUT2D eigenvalue weighted by atomic mass is 9.85. The lowest BCUT2D eigenvalue weighted by Gasteiger charge is -2.25. The van der Waals surface area contributed by atoms with Crippen molar-refractivity contribution in [1.82, 2.24) is 29.6 Å². The second-order valence-corrected chi connectivity index (χ2v) is 8.72. The number of ether oxygens (including phenoxy) is 2. The van der Waals surface area contributed by atoms with E-state index in [-0.39, 0.29) is 30.7 Å². The third-order valence-electron chi connectivity index (χ3n) is 6.36. The average Bonchev–Trinajstić information content (AvgIpc) is 3.51. The highest BCUT2D eigenvalue weighted by atomic mass is 19.1. The fraction of sp³-hybridized carbons (Fsp3) is 0.192. The lowest BCUT2D eigenvalue weighted by molar-refractivity contribution is -0.116. The number of fused-ring (bicyclic) bond motifs is 2. The van der Waals surface area contributed by atoms with E-state index >= 15 is 0 Å². The predicted molar refractivity (Wildman–Crippen MR) is 131 cm³/mol. The SMILES string of the molecule is COc1cc(C2CC(=O)Nc3c2c(C)nn3-c2ccc3nncn3n2)ccc1OCc1ccc(F)cc1. The van der Waals surface area contributed by atoms with E-state index in [1.807, 2.05) is 25.1 Å². The predicted octanol–water partition coefficient (Wildman–Crippen LogP) is 3.82. The van der Waals surface area contributed by atoms with Gasteiger partial charge in [0.15, 0.2) is 23.0 Å². The number of aryl methyl sites for hydroxylation is 1. The first kappa shape index (κ1) is 22.7. The van der Waals surface area contributed by atoms with Crippen molar-refractivity contribution in [3.05, 3.63) is 89.1 Å². The van der Waals surface area contributed by atoms with Crippen LogP contribution in [0.25, 0.3) is 11.5 Å². The van der Waals surface area contributed by atoms with Crippen molar-refractivity contribution in [2.24, 2.45) is 0 Å². The molecule has 1 aliphatic heterocycles. The number of nitrogens with one attached hydrogen (secondary N) is 1. The number of hydrogen-bond donors (Lipinski definition) is 1. The van der Waals surface area contributed by atoms with Gasteiger partial charge in [-0.15, -0.1) is 15.3 Å². The number of rotatable bonds is 6. The third kappa shape index (κ3) is 4.14. The fourth-order valence-electron chi connectivity index (χ4n) is 4.59. The summed E-state index contributed by atoms with van der Waals surface area (Å²) < 4.78 is 27.9. The van der Waals surface area contributed by atoms with Gasteiger partial charge >= 0.3 is 0 Å². The van der Waals surface area contributed by atoms with Gasteiger partial charge in [0.2, 0.25) is 5.91 Å².